The first-order valence-electron chi connectivity index (χ1n) is 6.32. The van der Waals surface area contributed by atoms with Gasteiger partial charge in [0.2, 0.25) is 0 Å². The number of rotatable bonds is 3. The summed E-state index contributed by atoms with van der Waals surface area (Å²) in [7, 11) is 0. The van der Waals surface area contributed by atoms with Crippen molar-refractivity contribution in [2.45, 2.75) is 39.7 Å². The van der Waals surface area contributed by atoms with Crippen molar-refractivity contribution in [3.8, 4) is 0 Å². The Morgan fingerprint density at radius 3 is 2.53 bits per heavy atom. The zero-order valence-corrected chi connectivity index (χ0v) is 11.4. The van der Waals surface area contributed by atoms with Crippen LogP contribution in [0.1, 0.15) is 38.8 Å². The van der Waals surface area contributed by atoms with Crippen LogP contribution in [-0.4, -0.2) is 28.2 Å². The number of likely N-dealkylation sites (tertiary alicyclic amines) is 1. The summed E-state index contributed by atoms with van der Waals surface area (Å²) in [5.74, 6) is 0. The summed E-state index contributed by atoms with van der Waals surface area (Å²) >= 11 is 5.72. The van der Waals surface area contributed by atoms with E-state index >= 15 is 0 Å². The van der Waals surface area contributed by atoms with Gasteiger partial charge in [0.25, 0.3) is 0 Å². The molecule has 2 heterocycles. The molecule has 0 radical (unpaired) electrons. The lowest BCUT2D eigenvalue weighted by Crippen LogP contribution is -2.38. The largest absolute Gasteiger partial charge is 0.297 e. The smallest absolute Gasteiger partial charge is 0.151 e. The Labute approximate surface area is 108 Å². The van der Waals surface area contributed by atoms with Gasteiger partial charge in [-0.15, -0.1) is 5.10 Å². The zero-order chi connectivity index (χ0) is 12.3. The number of piperidine rings is 1. The molecule has 0 amide bonds. The monoisotopic (exact) mass is 253 g/mol. The molecule has 1 aromatic rings. The quantitative estimate of drug-likeness (QED) is 0.829. The lowest BCUT2D eigenvalue weighted by atomic mass is 9.78. The SMILES string of the molecule is CCC1(C)CCN(Cc2ccc(Cl)nn2)CC1. The van der Waals surface area contributed by atoms with Crippen LogP contribution < -0.4 is 0 Å². The maximum absolute atomic E-state index is 5.72. The van der Waals surface area contributed by atoms with Crippen molar-refractivity contribution < 1.29 is 0 Å². The maximum atomic E-state index is 5.72. The highest BCUT2D eigenvalue weighted by Crippen LogP contribution is 2.34. The van der Waals surface area contributed by atoms with Crippen molar-refractivity contribution in [1.82, 2.24) is 15.1 Å². The van der Waals surface area contributed by atoms with E-state index in [1.54, 1.807) is 0 Å². The van der Waals surface area contributed by atoms with Crippen LogP contribution in [0.25, 0.3) is 0 Å². The average molecular weight is 254 g/mol. The topological polar surface area (TPSA) is 29.0 Å². The fourth-order valence-electron chi connectivity index (χ4n) is 2.26. The van der Waals surface area contributed by atoms with Crippen LogP contribution in [-0.2, 0) is 6.54 Å². The molecule has 94 valence electrons. The van der Waals surface area contributed by atoms with Crippen molar-refractivity contribution in [2.75, 3.05) is 13.1 Å². The Kier molecular flexibility index (Phi) is 4.00. The van der Waals surface area contributed by atoms with E-state index in [2.05, 4.69) is 28.9 Å². The number of hydrogen-bond acceptors (Lipinski definition) is 3. The molecule has 0 bridgehead atoms. The van der Waals surface area contributed by atoms with Gasteiger partial charge in [0, 0.05) is 6.54 Å². The summed E-state index contributed by atoms with van der Waals surface area (Å²) < 4.78 is 0. The fourth-order valence-corrected chi connectivity index (χ4v) is 2.36. The summed E-state index contributed by atoms with van der Waals surface area (Å²) in [5.41, 5.74) is 1.55. The predicted molar refractivity (Wildman–Crippen MR) is 70.0 cm³/mol. The molecule has 0 aliphatic carbocycles. The predicted octanol–water partition coefficient (Wildman–Crippen LogP) is 3.14. The summed E-state index contributed by atoms with van der Waals surface area (Å²) in [6, 6.07) is 3.77. The van der Waals surface area contributed by atoms with Crippen molar-refractivity contribution in [3.05, 3.63) is 23.0 Å². The van der Waals surface area contributed by atoms with Crippen molar-refractivity contribution >= 4 is 11.6 Å². The minimum absolute atomic E-state index is 0.464. The summed E-state index contributed by atoms with van der Waals surface area (Å²) in [6.45, 7) is 7.90. The molecule has 1 saturated heterocycles. The molecule has 0 aromatic carbocycles. The Bertz CT molecular complexity index is 355. The first-order chi connectivity index (χ1) is 8.11. The standard InChI is InChI=1S/C13H20ClN3/c1-3-13(2)6-8-17(9-7-13)10-11-4-5-12(14)16-15-11/h4-5H,3,6-10H2,1-2H3. The highest BCUT2D eigenvalue weighted by molar-refractivity contribution is 6.29. The third kappa shape index (κ3) is 3.39. The van der Waals surface area contributed by atoms with Crippen LogP contribution in [0.5, 0.6) is 0 Å². The third-order valence-electron chi connectivity index (χ3n) is 3.99. The number of aromatic nitrogens is 2. The van der Waals surface area contributed by atoms with Crippen molar-refractivity contribution in [1.29, 1.82) is 0 Å². The second-order valence-corrected chi connectivity index (χ2v) is 5.68. The molecule has 0 unspecified atom stereocenters. The molecule has 0 atom stereocenters. The first kappa shape index (κ1) is 12.8. The van der Waals surface area contributed by atoms with E-state index in [0.29, 0.717) is 10.6 Å². The van der Waals surface area contributed by atoms with E-state index in [9.17, 15) is 0 Å². The van der Waals surface area contributed by atoms with Gasteiger partial charge >= 0.3 is 0 Å². The normalized spacial score (nSPS) is 20.4. The van der Waals surface area contributed by atoms with Crippen molar-refractivity contribution in [2.24, 2.45) is 5.41 Å². The van der Waals surface area contributed by atoms with Crippen LogP contribution in [0, 0.1) is 5.41 Å². The van der Waals surface area contributed by atoms with Crippen LogP contribution in [0.4, 0.5) is 0 Å². The molecule has 0 spiro atoms. The highest BCUT2D eigenvalue weighted by Gasteiger charge is 2.28. The molecular formula is C13H20ClN3. The van der Waals surface area contributed by atoms with Gasteiger partial charge in [0.1, 0.15) is 0 Å². The van der Waals surface area contributed by atoms with E-state index in [4.69, 9.17) is 11.6 Å². The Morgan fingerprint density at radius 1 is 1.29 bits per heavy atom. The van der Waals surface area contributed by atoms with Crippen LogP contribution in [0.3, 0.4) is 0 Å². The first-order valence-corrected chi connectivity index (χ1v) is 6.69. The minimum atomic E-state index is 0.464. The molecule has 17 heavy (non-hydrogen) atoms. The molecule has 1 aromatic heterocycles. The molecular weight excluding hydrogens is 234 g/mol. The molecule has 2 rings (SSSR count). The average Bonchev–Trinajstić information content (AvgIpc) is 2.35. The third-order valence-corrected chi connectivity index (χ3v) is 4.19. The number of halogens is 1. The lowest BCUT2D eigenvalue weighted by Gasteiger charge is -2.38. The second-order valence-electron chi connectivity index (χ2n) is 5.29. The molecule has 1 aliphatic rings. The molecule has 1 aliphatic heterocycles. The van der Waals surface area contributed by atoms with Gasteiger partial charge in [-0.2, -0.15) is 5.10 Å². The van der Waals surface area contributed by atoms with E-state index in [1.165, 1.54) is 19.3 Å². The Morgan fingerprint density at radius 2 is 2.00 bits per heavy atom. The van der Waals surface area contributed by atoms with Crippen LogP contribution >= 0.6 is 11.6 Å². The van der Waals surface area contributed by atoms with Gasteiger partial charge in [-0.3, -0.25) is 4.90 Å². The van der Waals surface area contributed by atoms with Crippen LogP contribution in [0.2, 0.25) is 5.15 Å². The number of nitrogens with zero attached hydrogens (tertiary/aromatic N) is 3. The van der Waals surface area contributed by atoms with Crippen molar-refractivity contribution in [3.63, 3.8) is 0 Å². The summed E-state index contributed by atoms with van der Waals surface area (Å²) in [6.07, 6.45) is 3.84. The van der Waals surface area contributed by atoms with E-state index in [0.717, 1.165) is 25.3 Å². The van der Waals surface area contributed by atoms with Gasteiger partial charge in [-0.25, -0.2) is 0 Å². The fraction of sp³-hybridized carbons (Fsp3) is 0.692. The zero-order valence-electron chi connectivity index (χ0n) is 10.6. The van der Waals surface area contributed by atoms with Gasteiger partial charge < -0.3 is 0 Å². The molecule has 3 nitrogen and oxygen atoms in total. The Hall–Kier alpha value is -0.670. The molecule has 4 heteroatoms. The maximum Gasteiger partial charge on any atom is 0.151 e. The minimum Gasteiger partial charge on any atom is -0.297 e. The van der Waals surface area contributed by atoms with Gasteiger partial charge in [-0.1, -0.05) is 31.9 Å². The molecule has 0 N–H and O–H groups in total. The van der Waals surface area contributed by atoms with E-state index in [1.807, 2.05) is 12.1 Å². The lowest BCUT2D eigenvalue weighted by molar-refractivity contribution is 0.108. The molecule has 1 fully saturated rings. The van der Waals surface area contributed by atoms with E-state index < -0.39 is 0 Å². The summed E-state index contributed by atoms with van der Waals surface area (Å²) in [5, 5.41) is 8.45. The van der Waals surface area contributed by atoms with Gasteiger partial charge in [-0.05, 0) is 43.5 Å². The van der Waals surface area contributed by atoms with Gasteiger partial charge in [0.15, 0.2) is 5.15 Å². The molecule has 0 saturated carbocycles. The second kappa shape index (κ2) is 5.32. The van der Waals surface area contributed by atoms with Crippen LogP contribution in [0.15, 0.2) is 12.1 Å². The van der Waals surface area contributed by atoms with E-state index in [-0.39, 0.29) is 0 Å². The number of hydrogen-bond donors (Lipinski definition) is 0. The summed E-state index contributed by atoms with van der Waals surface area (Å²) in [4.78, 5) is 2.45. The highest BCUT2D eigenvalue weighted by atomic mass is 35.5. The van der Waals surface area contributed by atoms with Gasteiger partial charge in [0.05, 0.1) is 5.69 Å². The Balaban J connectivity index is 1.88.